The molecule has 0 N–H and O–H groups in total. The number of rotatable bonds is 7. The fourth-order valence-electron chi connectivity index (χ4n) is 2.75. The van der Waals surface area contributed by atoms with Gasteiger partial charge >= 0.3 is 0 Å². The predicted molar refractivity (Wildman–Crippen MR) is 89.8 cm³/mol. The zero-order chi connectivity index (χ0) is 16.3. The number of carbonyl (C=O) groups is 1. The maximum absolute atomic E-state index is 12.6. The first-order chi connectivity index (χ1) is 10.6. The van der Waals surface area contributed by atoms with Crippen LogP contribution in [0.25, 0.3) is 0 Å². The van der Waals surface area contributed by atoms with Crippen molar-refractivity contribution in [1.82, 2.24) is 9.80 Å². The van der Waals surface area contributed by atoms with Gasteiger partial charge in [0.05, 0.1) is 18.7 Å². The van der Waals surface area contributed by atoms with Gasteiger partial charge < -0.3 is 19.3 Å². The quantitative estimate of drug-likeness (QED) is 0.739. The largest absolute Gasteiger partial charge is 0.493 e. The van der Waals surface area contributed by atoms with Crippen molar-refractivity contribution in [2.45, 2.75) is 20.4 Å². The first-order valence-electron chi connectivity index (χ1n) is 7.52. The topological polar surface area (TPSA) is 42.0 Å². The number of benzene rings is 1. The highest BCUT2D eigenvalue weighted by Gasteiger charge is 2.32. The van der Waals surface area contributed by atoms with E-state index in [2.05, 4.69) is 34.7 Å². The lowest BCUT2D eigenvalue weighted by molar-refractivity contribution is 0.0760. The van der Waals surface area contributed by atoms with E-state index in [1.54, 1.807) is 20.3 Å². The molecule has 1 aromatic rings. The number of methoxy groups -OCH3 is 2. The Hall–Kier alpha value is -1.27. The van der Waals surface area contributed by atoms with Gasteiger partial charge in [-0.3, -0.25) is 4.79 Å². The van der Waals surface area contributed by atoms with Gasteiger partial charge in [-0.05, 0) is 35.1 Å². The van der Waals surface area contributed by atoms with Crippen molar-refractivity contribution in [2.24, 2.45) is 0 Å². The molecule has 6 heteroatoms. The number of hydrogen-bond donors (Lipinski definition) is 0. The molecule has 0 aromatic heterocycles. The van der Waals surface area contributed by atoms with Gasteiger partial charge in [0.15, 0.2) is 11.5 Å². The summed E-state index contributed by atoms with van der Waals surface area (Å²) in [6, 6.07) is 1.78. The van der Waals surface area contributed by atoms with Crippen LogP contribution in [0.5, 0.6) is 11.5 Å². The molecule has 0 saturated heterocycles. The summed E-state index contributed by atoms with van der Waals surface area (Å²) in [5.74, 6) is 1.27. The van der Waals surface area contributed by atoms with Gasteiger partial charge in [-0.25, -0.2) is 0 Å². The molecule has 0 saturated carbocycles. The van der Waals surface area contributed by atoms with Gasteiger partial charge in [0.1, 0.15) is 0 Å². The summed E-state index contributed by atoms with van der Waals surface area (Å²) in [5, 5.41) is 0. The molecule has 0 radical (unpaired) electrons. The van der Waals surface area contributed by atoms with Gasteiger partial charge in [-0.1, -0.05) is 13.8 Å². The number of nitrogens with zero attached hydrogens (tertiary/aromatic N) is 2. The number of ether oxygens (including phenoxy) is 2. The lowest BCUT2D eigenvalue weighted by Gasteiger charge is -2.22. The second-order valence-corrected chi connectivity index (χ2v) is 6.00. The van der Waals surface area contributed by atoms with Gasteiger partial charge in [0.25, 0.3) is 5.91 Å². The van der Waals surface area contributed by atoms with E-state index >= 15 is 0 Å². The van der Waals surface area contributed by atoms with E-state index in [9.17, 15) is 4.79 Å². The molecule has 1 amide bonds. The lowest BCUT2D eigenvalue weighted by Crippen LogP contribution is -2.35. The van der Waals surface area contributed by atoms with E-state index in [-0.39, 0.29) is 5.91 Å². The van der Waals surface area contributed by atoms with Crippen LogP contribution >= 0.6 is 15.9 Å². The van der Waals surface area contributed by atoms with Gasteiger partial charge in [-0.2, -0.15) is 0 Å². The third kappa shape index (κ3) is 3.08. The third-order valence-electron chi connectivity index (χ3n) is 4.16. The van der Waals surface area contributed by atoms with Gasteiger partial charge in [0.2, 0.25) is 0 Å². The van der Waals surface area contributed by atoms with E-state index in [1.807, 2.05) is 4.90 Å². The Morgan fingerprint density at radius 2 is 1.95 bits per heavy atom. The fraction of sp³-hybridized carbons (Fsp3) is 0.562. The van der Waals surface area contributed by atoms with Crippen molar-refractivity contribution in [2.75, 3.05) is 40.4 Å². The molecule has 122 valence electrons. The molecule has 0 fully saturated rings. The van der Waals surface area contributed by atoms with Crippen LogP contribution in [0.2, 0.25) is 0 Å². The van der Waals surface area contributed by atoms with E-state index in [0.717, 1.165) is 36.2 Å². The van der Waals surface area contributed by atoms with Gasteiger partial charge in [0, 0.05) is 30.8 Å². The Kier molecular flexibility index (Phi) is 5.69. The monoisotopic (exact) mass is 370 g/mol. The van der Waals surface area contributed by atoms with Crippen molar-refractivity contribution < 1.29 is 14.3 Å². The average Bonchev–Trinajstić information content (AvgIpc) is 2.85. The molecular weight excluding hydrogens is 348 g/mol. The minimum absolute atomic E-state index is 0.0591. The third-order valence-corrected chi connectivity index (χ3v) is 5.00. The highest BCUT2D eigenvalue weighted by atomic mass is 79.9. The molecule has 0 bridgehead atoms. The maximum Gasteiger partial charge on any atom is 0.254 e. The van der Waals surface area contributed by atoms with Crippen LogP contribution in [0, 0.1) is 0 Å². The number of amides is 1. The summed E-state index contributed by atoms with van der Waals surface area (Å²) in [7, 11) is 3.18. The number of hydrogen-bond acceptors (Lipinski definition) is 4. The normalized spacial score (nSPS) is 13.7. The molecule has 0 unspecified atom stereocenters. The number of carbonyl (C=O) groups excluding carboxylic acids is 1. The summed E-state index contributed by atoms with van der Waals surface area (Å²) < 4.78 is 11.5. The summed E-state index contributed by atoms with van der Waals surface area (Å²) in [6.07, 6.45) is 0. The Balaban J connectivity index is 2.22. The Morgan fingerprint density at radius 3 is 2.50 bits per heavy atom. The van der Waals surface area contributed by atoms with Crippen molar-refractivity contribution in [3.63, 3.8) is 0 Å². The smallest absolute Gasteiger partial charge is 0.254 e. The highest BCUT2D eigenvalue weighted by Crippen LogP contribution is 2.42. The standard InChI is InChI=1S/C16H23BrN2O3/c1-5-18(6-2)7-8-19-10-12-11(16(19)20)9-13(21-3)15(22-4)14(12)17/h9H,5-8,10H2,1-4H3. The van der Waals surface area contributed by atoms with E-state index in [4.69, 9.17) is 9.47 Å². The summed E-state index contributed by atoms with van der Waals surface area (Å²) >= 11 is 3.55. The Bertz CT molecular complexity index is 559. The van der Waals surface area contributed by atoms with E-state index < -0.39 is 0 Å². The van der Waals surface area contributed by atoms with Crippen LogP contribution in [0.15, 0.2) is 10.5 Å². The Morgan fingerprint density at radius 1 is 1.27 bits per heavy atom. The van der Waals surface area contributed by atoms with Crippen LogP contribution in [-0.2, 0) is 6.54 Å². The minimum Gasteiger partial charge on any atom is -0.493 e. The summed E-state index contributed by atoms with van der Waals surface area (Å²) in [4.78, 5) is 16.8. The van der Waals surface area contributed by atoms with Crippen LogP contribution in [-0.4, -0.2) is 56.1 Å². The molecule has 22 heavy (non-hydrogen) atoms. The number of fused-ring (bicyclic) bond motifs is 1. The second-order valence-electron chi connectivity index (χ2n) is 5.21. The minimum atomic E-state index is 0.0591. The molecule has 1 aliphatic heterocycles. The van der Waals surface area contributed by atoms with Crippen LogP contribution < -0.4 is 9.47 Å². The van der Waals surface area contributed by atoms with E-state index in [1.165, 1.54) is 0 Å². The van der Waals surface area contributed by atoms with Crippen LogP contribution in [0.4, 0.5) is 0 Å². The van der Waals surface area contributed by atoms with Crippen LogP contribution in [0.1, 0.15) is 29.8 Å². The Labute approximate surface area is 140 Å². The number of likely N-dealkylation sites (N-methyl/N-ethyl adjacent to an activating group) is 1. The molecule has 1 aromatic carbocycles. The highest BCUT2D eigenvalue weighted by molar-refractivity contribution is 9.10. The fourth-order valence-corrected chi connectivity index (χ4v) is 3.45. The number of halogens is 1. The molecule has 0 spiro atoms. The molecule has 0 atom stereocenters. The lowest BCUT2D eigenvalue weighted by atomic mass is 10.1. The van der Waals surface area contributed by atoms with Crippen LogP contribution in [0.3, 0.4) is 0 Å². The molecule has 1 aliphatic rings. The van der Waals surface area contributed by atoms with E-state index in [0.29, 0.717) is 23.6 Å². The summed E-state index contributed by atoms with van der Waals surface area (Å²) in [5.41, 5.74) is 1.67. The second kappa shape index (κ2) is 7.33. The van der Waals surface area contributed by atoms with Crippen molar-refractivity contribution in [1.29, 1.82) is 0 Å². The SMILES string of the molecule is CCN(CC)CCN1Cc2c(cc(OC)c(OC)c2Br)C1=O. The van der Waals surface area contributed by atoms with Crippen molar-refractivity contribution in [3.05, 3.63) is 21.7 Å². The molecule has 0 aliphatic carbocycles. The molecule has 2 rings (SSSR count). The van der Waals surface area contributed by atoms with Gasteiger partial charge in [-0.15, -0.1) is 0 Å². The molecule has 1 heterocycles. The first kappa shape index (κ1) is 17.1. The van der Waals surface area contributed by atoms with Crippen molar-refractivity contribution in [3.8, 4) is 11.5 Å². The van der Waals surface area contributed by atoms with Crippen molar-refractivity contribution >= 4 is 21.8 Å². The molecular formula is C16H23BrN2O3. The average molecular weight is 371 g/mol. The summed E-state index contributed by atoms with van der Waals surface area (Å²) in [6.45, 7) is 8.49. The predicted octanol–water partition coefficient (Wildman–Crippen LogP) is 2.76. The zero-order valence-electron chi connectivity index (χ0n) is 13.6. The zero-order valence-corrected chi connectivity index (χ0v) is 15.2. The molecule has 5 nitrogen and oxygen atoms in total. The first-order valence-corrected chi connectivity index (χ1v) is 8.31. The maximum atomic E-state index is 12.6.